The summed E-state index contributed by atoms with van der Waals surface area (Å²) in [5, 5.41) is 2.27. The first-order valence-corrected chi connectivity index (χ1v) is 7.94. The van der Waals surface area contributed by atoms with Gasteiger partial charge >= 0.3 is 5.97 Å². The standard InChI is InChI=1S/C17H23NO5/c1-10-8-17(3,23-11(2)19)9-13(16(10)22)5-4-12-6-14(20)18-15(21)7-12/h5,10,12H,4,6-9H2,1-3H3,(H,18,20,21)/b13-5+/t10-,17+/m1/s1. The minimum atomic E-state index is -0.676. The smallest absolute Gasteiger partial charge is 0.303 e. The summed E-state index contributed by atoms with van der Waals surface area (Å²) in [6.45, 7) is 5.03. The van der Waals surface area contributed by atoms with Crippen LogP contribution in [0, 0.1) is 11.8 Å². The Morgan fingerprint density at radius 1 is 1.30 bits per heavy atom. The van der Waals surface area contributed by atoms with Crippen LogP contribution in [0.5, 0.6) is 0 Å². The van der Waals surface area contributed by atoms with E-state index in [1.807, 2.05) is 19.9 Å². The summed E-state index contributed by atoms with van der Waals surface area (Å²) in [5.41, 5.74) is -0.0453. The average molecular weight is 321 g/mol. The van der Waals surface area contributed by atoms with Gasteiger partial charge in [-0.1, -0.05) is 13.0 Å². The maximum atomic E-state index is 12.3. The van der Waals surface area contributed by atoms with Gasteiger partial charge in [0.1, 0.15) is 5.60 Å². The van der Waals surface area contributed by atoms with Gasteiger partial charge in [0.2, 0.25) is 11.8 Å². The Hall–Kier alpha value is -1.98. The third-order valence-electron chi connectivity index (χ3n) is 4.38. The molecule has 1 heterocycles. The van der Waals surface area contributed by atoms with Crippen molar-refractivity contribution in [3.63, 3.8) is 0 Å². The van der Waals surface area contributed by atoms with E-state index in [0.29, 0.717) is 37.7 Å². The molecule has 0 spiro atoms. The van der Waals surface area contributed by atoms with Crippen molar-refractivity contribution in [3.05, 3.63) is 11.6 Å². The third-order valence-corrected chi connectivity index (χ3v) is 4.38. The number of rotatable bonds is 3. The molecule has 23 heavy (non-hydrogen) atoms. The fourth-order valence-electron chi connectivity index (χ4n) is 3.55. The summed E-state index contributed by atoms with van der Waals surface area (Å²) < 4.78 is 5.40. The van der Waals surface area contributed by atoms with Crippen LogP contribution in [0.2, 0.25) is 0 Å². The molecule has 1 saturated carbocycles. The molecule has 1 saturated heterocycles. The van der Waals surface area contributed by atoms with Crippen molar-refractivity contribution in [1.29, 1.82) is 0 Å². The Labute approximate surface area is 135 Å². The van der Waals surface area contributed by atoms with Crippen LogP contribution < -0.4 is 5.32 Å². The largest absolute Gasteiger partial charge is 0.459 e. The summed E-state index contributed by atoms with van der Waals surface area (Å²) in [4.78, 5) is 46.4. The van der Waals surface area contributed by atoms with Crippen LogP contribution in [0.25, 0.3) is 0 Å². The first-order valence-electron chi connectivity index (χ1n) is 7.94. The molecule has 2 atom stereocenters. The Morgan fingerprint density at radius 2 is 1.91 bits per heavy atom. The zero-order valence-corrected chi connectivity index (χ0v) is 13.8. The monoisotopic (exact) mass is 321 g/mol. The summed E-state index contributed by atoms with van der Waals surface area (Å²) in [5.74, 6) is -1.12. The van der Waals surface area contributed by atoms with E-state index in [4.69, 9.17) is 4.74 Å². The Kier molecular flexibility index (Phi) is 5.02. The van der Waals surface area contributed by atoms with Crippen LogP contribution >= 0.6 is 0 Å². The molecule has 0 aromatic rings. The van der Waals surface area contributed by atoms with Crippen LogP contribution in [0.4, 0.5) is 0 Å². The van der Waals surface area contributed by atoms with Crippen LogP contribution in [-0.2, 0) is 23.9 Å². The lowest BCUT2D eigenvalue weighted by atomic mass is 9.75. The molecular formula is C17H23NO5. The Morgan fingerprint density at radius 3 is 2.48 bits per heavy atom. The molecule has 0 radical (unpaired) electrons. The van der Waals surface area contributed by atoms with Crippen molar-refractivity contribution in [2.75, 3.05) is 0 Å². The van der Waals surface area contributed by atoms with Gasteiger partial charge in [0.05, 0.1) is 0 Å². The van der Waals surface area contributed by atoms with Crippen molar-refractivity contribution < 1.29 is 23.9 Å². The van der Waals surface area contributed by atoms with Crippen molar-refractivity contribution in [3.8, 4) is 0 Å². The third kappa shape index (κ3) is 4.50. The zero-order valence-electron chi connectivity index (χ0n) is 13.8. The number of amides is 2. The van der Waals surface area contributed by atoms with Crippen LogP contribution in [0.15, 0.2) is 11.6 Å². The molecule has 0 aromatic carbocycles. The Balaban J connectivity index is 2.09. The number of hydrogen-bond acceptors (Lipinski definition) is 5. The second-order valence-electron chi connectivity index (χ2n) is 6.90. The van der Waals surface area contributed by atoms with E-state index in [1.54, 1.807) is 0 Å². The number of nitrogens with one attached hydrogen (secondary N) is 1. The molecule has 2 fully saturated rings. The molecule has 0 unspecified atom stereocenters. The van der Waals surface area contributed by atoms with Crippen LogP contribution in [-0.4, -0.2) is 29.2 Å². The highest BCUT2D eigenvalue weighted by Gasteiger charge is 2.40. The fourth-order valence-corrected chi connectivity index (χ4v) is 3.55. The molecule has 6 heteroatoms. The SMILES string of the molecule is CC(=O)O[C@]1(C)C/C(=C\CC2CC(=O)NC(=O)C2)C(=O)[C@H](C)C1. The molecule has 0 aromatic heterocycles. The first-order chi connectivity index (χ1) is 10.7. The van der Waals surface area contributed by atoms with Gasteiger partial charge in [-0.3, -0.25) is 24.5 Å². The van der Waals surface area contributed by atoms with Gasteiger partial charge in [0, 0.05) is 32.1 Å². The molecule has 1 aliphatic heterocycles. The van der Waals surface area contributed by atoms with Gasteiger partial charge in [0.15, 0.2) is 5.78 Å². The van der Waals surface area contributed by atoms with Gasteiger partial charge in [-0.05, 0) is 31.3 Å². The molecule has 126 valence electrons. The van der Waals surface area contributed by atoms with Gasteiger partial charge in [-0.2, -0.15) is 0 Å². The lowest BCUT2D eigenvalue weighted by molar-refractivity contribution is -0.159. The number of carbonyl (C=O) groups is 4. The first kappa shape index (κ1) is 17.4. The number of carbonyl (C=O) groups excluding carboxylic acids is 4. The van der Waals surface area contributed by atoms with E-state index in [-0.39, 0.29) is 35.4 Å². The van der Waals surface area contributed by atoms with E-state index in [1.165, 1.54) is 6.92 Å². The van der Waals surface area contributed by atoms with Crippen LogP contribution in [0.1, 0.15) is 52.9 Å². The number of allylic oxidation sites excluding steroid dienone is 1. The average Bonchev–Trinajstić information content (AvgIpc) is 2.39. The molecule has 2 rings (SSSR count). The zero-order chi connectivity index (χ0) is 17.2. The van der Waals surface area contributed by atoms with Crippen LogP contribution in [0.3, 0.4) is 0 Å². The fraction of sp³-hybridized carbons (Fsp3) is 0.647. The quantitative estimate of drug-likeness (QED) is 0.485. The van der Waals surface area contributed by atoms with Gasteiger partial charge in [-0.15, -0.1) is 0 Å². The summed E-state index contributed by atoms with van der Waals surface area (Å²) in [6, 6.07) is 0. The van der Waals surface area contributed by atoms with Crippen molar-refractivity contribution >= 4 is 23.6 Å². The number of hydrogen-bond donors (Lipinski definition) is 1. The normalized spacial score (nSPS) is 31.2. The van der Waals surface area contributed by atoms with Gasteiger partial charge in [-0.25, -0.2) is 0 Å². The number of imide groups is 1. The number of piperidine rings is 1. The molecule has 1 aliphatic carbocycles. The molecule has 6 nitrogen and oxygen atoms in total. The Bertz CT molecular complexity index is 564. The van der Waals surface area contributed by atoms with Crippen molar-refractivity contribution in [2.24, 2.45) is 11.8 Å². The predicted octanol–water partition coefficient (Wildman–Crippen LogP) is 1.68. The second-order valence-corrected chi connectivity index (χ2v) is 6.90. The number of Topliss-reactive ketones (excluding diaryl/α,β-unsaturated/α-hetero) is 1. The lowest BCUT2D eigenvalue weighted by Crippen LogP contribution is -2.41. The second kappa shape index (κ2) is 6.64. The number of ketones is 1. The lowest BCUT2D eigenvalue weighted by Gasteiger charge is -2.37. The minimum Gasteiger partial charge on any atom is -0.459 e. The van der Waals surface area contributed by atoms with E-state index in [9.17, 15) is 19.2 Å². The summed E-state index contributed by atoms with van der Waals surface area (Å²) >= 11 is 0. The minimum absolute atomic E-state index is 0.0567. The predicted molar refractivity (Wildman–Crippen MR) is 82.1 cm³/mol. The highest BCUT2D eigenvalue weighted by atomic mass is 16.6. The van der Waals surface area contributed by atoms with Crippen molar-refractivity contribution in [2.45, 2.75) is 58.5 Å². The highest BCUT2D eigenvalue weighted by molar-refractivity contribution is 5.99. The van der Waals surface area contributed by atoms with Gasteiger partial charge in [0.25, 0.3) is 0 Å². The maximum absolute atomic E-state index is 12.3. The van der Waals surface area contributed by atoms with E-state index < -0.39 is 5.60 Å². The van der Waals surface area contributed by atoms with E-state index in [2.05, 4.69) is 5.32 Å². The van der Waals surface area contributed by atoms with Gasteiger partial charge < -0.3 is 4.74 Å². The van der Waals surface area contributed by atoms with E-state index in [0.717, 1.165) is 0 Å². The molecule has 1 N–H and O–H groups in total. The summed E-state index contributed by atoms with van der Waals surface area (Å²) in [7, 11) is 0. The highest BCUT2D eigenvalue weighted by Crippen LogP contribution is 2.36. The molecule has 0 bridgehead atoms. The van der Waals surface area contributed by atoms with E-state index >= 15 is 0 Å². The van der Waals surface area contributed by atoms with Crippen molar-refractivity contribution in [1.82, 2.24) is 5.32 Å². The number of ether oxygens (including phenoxy) is 1. The molecule has 2 amide bonds. The molecule has 2 aliphatic rings. The topological polar surface area (TPSA) is 89.5 Å². The summed E-state index contributed by atoms with van der Waals surface area (Å²) in [6.07, 6.45) is 3.79. The molecular weight excluding hydrogens is 298 g/mol. The number of esters is 1. The maximum Gasteiger partial charge on any atom is 0.303 e.